The van der Waals surface area contributed by atoms with E-state index in [1.165, 1.54) is 11.1 Å². The molecule has 0 fully saturated rings. The zero-order chi connectivity index (χ0) is 33.9. The summed E-state index contributed by atoms with van der Waals surface area (Å²) in [6.45, 7) is 24.1. The SMILES string of the molecule is Cc1cc(C)c(OP(Cl)Cl)c(-c2cc(C)cc(C)c2Op2oc3c(C(C)(C)C)cc(C)cc3c3cc(C)cc(C(C)(C)C)c3o2)c1. The maximum Gasteiger partial charge on any atom is 0.453 e. The molecule has 0 amide bonds. The highest BCUT2D eigenvalue weighted by Crippen LogP contribution is 2.53. The van der Waals surface area contributed by atoms with Gasteiger partial charge in [0.25, 0.3) is 6.85 Å². The summed E-state index contributed by atoms with van der Waals surface area (Å²) in [5, 5.41) is 2.04. The predicted molar refractivity (Wildman–Crippen MR) is 199 cm³/mol. The number of aryl methyl sites for hydroxylation is 6. The quantitative estimate of drug-likeness (QED) is 0.172. The highest BCUT2D eigenvalue weighted by Gasteiger charge is 2.26. The summed E-state index contributed by atoms with van der Waals surface area (Å²) < 4.78 is 26.9. The van der Waals surface area contributed by atoms with Crippen LogP contribution < -0.4 is 9.05 Å². The Morgan fingerprint density at radius 2 is 0.957 bits per heavy atom. The number of hydrogen-bond acceptors (Lipinski definition) is 4. The summed E-state index contributed by atoms with van der Waals surface area (Å²) in [7, 11) is -1.96. The molecule has 5 rings (SSSR count). The largest absolute Gasteiger partial charge is 0.453 e. The zero-order valence-electron chi connectivity index (χ0n) is 28.9. The standard InChI is InChI=1S/C38H44Cl2O4P2/c1-21-13-25(5)33(41-45(39)40)27(15-21)28-16-22(2)14-26(6)34(28)42-46-43-35-29(17-23(3)19-31(35)37(7,8)9)30-18-24(4)20-32(36(30)44-46)38(10,11)12/h13-20H,1-12H3. The lowest BCUT2D eigenvalue weighted by molar-refractivity contribution is 0.487. The van der Waals surface area contributed by atoms with Gasteiger partial charge in [0.2, 0.25) is 0 Å². The van der Waals surface area contributed by atoms with Crippen LogP contribution in [0.3, 0.4) is 0 Å². The summed E-state index contributed by atoms with van der Waals surface area (Å²) in [6, 6.07) is 17.2. The molecule has 0 spiro atoms. The van der Waals surface area contributed by atoms with Gasteiger partial charge in [0.1, 0.15) is 22.7 Å². The fraction of sp³-hybridized carbons (Fsp3) is 0.368. The second-order valence-electron chi connectivity index (χ2n) is 14.6. The molecule has 1 heterocycles. The molecule has 0 aliphatic rings. The van der Waals surface area contributed by atoms with E-state index < -0.39 is 15.1 Å². The van der Waals surface area contributed by atoms with Gasteiger partial charge in [0.15, 0.2) is 0 Å². The molecule has 0 bridgehead atoms. The van der Waals surface area contributed by atoms with Gasteiger partial charge in [-0.15, -0.1) is 0 Å². The lowest BCUT2D eigenvalue weighted by Crippen LogP contribution is -2.12. The minimum absolute atomic E-state index is 0.184. The first-order valence-electron chi connectivity index (χ1n) is 15.5. The van der Waals surface area contributed by atoms with Crippen molar-refractivity contribution in [2.75, 3.05) is 0 Å². The van der Waals surface area contributed by atoms with Gasteiger partial charge in [-0.2, -0.15) is 0 Å². The van der Waals surface area contributed by atoms with E-state index in [0.29, 0.717) is 11.5 Å². The number of benzene rings is 4. The summed E-state index contributed by atoms with van der Waals surface area (Å²) in [5.74, 6) is 1.30. The smallest absolute Gasteiger partial charge is 0.444 e. The first kappa shape index (κ1) is 34.7. The average Bonchev–Trinajstić information content (AvgIpc) is 3.05. The summed E-state index contributed by atoms with van der Waals surface area (Å²) in [5.41, 5.74) is 11.6. The van der Waals surface area contributed by atoms with Gasteiger partial charge in [0.05, 0.1) is 0 Å². The molecular weight excluding hydrogens is 653 g/mol. The summed E-state index contributed by atoms with van der Waals surface area (Å²) in [4.78, 5) is 0. The van der Waals surface area contributed by atoms with Crippen molar-refractivity contribution in [1.29, 1.82) is 0 Å². The monoisotopic (exact) mass is 696 g/mol. The van der Waals surface area contributed by atoms with E-state index in [1.807, 2.05) is 13.8 Å². The summed E-state index contributed by atoms with van der Waals surface area (Å²) in [6.07, 6.45) is 0. The predicted octanol–water partition coefficient (Wildman–Crippen LogP) is 14.3. The molecule has 5 aromatic rings. The molecule has 46 heavy (non-hydrogen) atoms. The van der Waals surface area contributed by atoms with Crippen molar-refractivity contribution in [3.63, 3.8) is 0 Å². The molecule has 0 aliphatic carbocycles. The van der Waals surface area contributed by atoms with E-state index in [4.69, 9.17) is 39.9 Å². The van der Waals surface area contributed by atoms with Crippen molar-refractivity contribution in [3.05, 3.63) is 93.0 Å². The molecule has 4 nitrogen and oxygen atoms in total. The van der Waals surface area contributed by atoms with Crippen LogP contribution in [0.4, 0.5) is 0 Å². The van der Waals surface area contributed by atoms with Crippen molar-refractivity contribution in [1.82, 2.24) is 0 Å². The molecule has 8 heteroatoms. The van der Waals surface area contributed by atoms with Crippen LogP contribution in [0, 0.1) is 41.5 Å². The van der Waals surface area contributed by atoms with E-state index in [9.17, 15) is 0 Å². The van der Waals surface area contributed by atoms with Crippen LogP contribution in [0.25, 0.3) is 33.1 Å². The average molecular weight is 698 g/mol. The van der Waals surface area contributed by atoms with Crippen molar-refractivity contribution in [3.8, 4) is 22.6 Å². The van der Waals surface area contributed by atoms with Gasteiger partial charge in [-0.3, -0.25) is 0 Å². The van der Waals surface area contributed by atoms with Gasteiger partial charge in [-0.25, -0.2) is 0 Å². The van der Waals surface area contributed by atoms with E-state index in [1.54, 1.807) is 0 Å². The maximum atomic E-state index is 6.96. The highest BCUT2D eigenvalue weighted by molar-refractivity contribution is 8.00. The van der Waals surface area contributed by atoms with Crippen molar-refractivity contribution in [2.24, 2.45) is 0 Å². The minimum Gasteiger partial charge on any atom is -0.444 e. The molecule has 4 aromatic carbocycles. The van der Waals surface area contributed by atoms with Crippen molar-refractivity contribution >= 4 is 59.5 Å². The van der Waals surface area contributed by atoms with E-state index >= 15 is 0 Å². The van der Waals surface area contributed by atoms with Crippen LogP contribution in [0.15, 0.2) is 56.9 Å². The van der Waals surface area contributed by atoms with Gasteiger partial charge >= 0.3 is 8.24 Å². The third-order valence-corrected chi connectivity index (χ3v) is 9.89. The third-order valence-electron chi connectivity index (χ3n) is 8.16. The molecule has 0 unspecified atom stereocenters. The van der Waals surface area contributed by atoms with E-state index in [-0.39, 0.29) is 10.8 Å². The number of halogens is 2. The molecule has 0 aliphatic heterocycles. The molecule has 1 aromatic heterocycles. The minimum atomic E-state index is -1.96. The van der Waals surface area contributed by atoms with Gasteiger partial charge in [0, 0.05) is 33.0 Å². The Hall–Kier alpha value is -2.61. The van der Waals surface area contributed by atoms with Gasteiger partial charge in [-0.1, -0.05) is 65.8 Å². The van der Waals surface area contributed by atoms with Gasteiger partial charge < -0.3 is 17.4 Å². The molecule has 0 saturated heterocycles. The molecule has 0 radical (unpaired) electrons. The third kappa shape index (κ3) is 7.12. The van der Waals surface area contributed by atoms with Crippen molar-refractivity contribution in [2.45, 2.75) is 93.9 Å². The number of rotatable bonds is 5. The Bertz CT molecular complexity index is 1930. The second-order valence-corrected chi connectivity index (χ2v) is 18.5. The highest BCUT2D eigenvalue weighted by atomic mass is 35.9. The molecule has 244 valence electrons. The van der Waals surface area contributed by atoms with Crippen LogP contribution in [0.1, 0.15) is 86.1 Å². The Balaban J connectivity index is 1.91. The molecule has 0 N–H and O–H groups in total. The van der Waals surface area contributed by atoms with Crippen LogP contribution in [-0.2, 0) is 10.8 Å². The lowest BCUT2D eigenvalue weighted by atomic mass is 9.83. The Kier molecular flexibility index (Phi) is 9.64. The van der Waals surface area contributed by atoms with Crippen LogP contribution in [0.5, 0.6) is 11.5 Å². The first-order chi connectivity index (χ1) is 21.3. The lowest BCUT2D eigenvalue weighted by Gasteiger charge is -2.21. The zero-order valence-corrected chi connectivity index (χ0v) is 32.2. The second kappa shape index (κ2) is 12.8. The summed E-state index contributed by atoms with van der Waals surface area (Å²) >= 11 is 12.4. The fourth-order valence-corrected chi connectivity index (χ4v) is 8.15. The van der Waals surface area contributed by atoms with Crippen LogP contribution in [0.2, 0.25) is 0 Å². The Morgan fingerprint density at radius 3 is 1.37 bits per heavy atom. The first-order valence-corrected chi connectivity index (χ1v) is 19.7. The molecular formula is C38H44Cl2O4P2. The Labute approximate surface area is 285 Å². The molecule has 0 atom stereocenters. The number of fused-ring (bicyclic) bond motifs is 3. The van der Waals surface area contributed by atoms with E-state index in [2.05, 4.69) is 118 Å². The topological polar surface area (TPSA) is 44.7 Å². The van der Waals surface area contributed by atoms with E-state index in [0.717, 1.165) is 66.4 Å². The maximum absolute atomic E-state index is 6.96. The van der Waals surface area contributed by atoms with Crippen LogP contribution >= 0.6 is 37.6 Å². The Morgan fingerprint density at radius 1 is 0.565 bits per heavy atom. The van der Waals surface area contributed by atoms with Crippen LogP contribution in [-0.4, -0.2) is 0 Å². The van der Waals surface area contributed by atoms with Crippen molar-refractivity contribution < 1.29 is 17.4 Å². The number of hydrogen-bond donors (Lipinski definition) is 0. The van der Waals surface area contributed by atoms with Gasteiger partial charge in [-0.05, 0) is 133 Å². The molecule has 0 saturated carbocycles. The fourth-order valence-electron chi connectivity index (χ4n) is 6.16. The normalized spacial score (nSPS) is 12.3.